The van der Waals surface area contributed by atoms with E-state index in [2.05, 4.69) is 37.2 Å². The Morgan fingerprint density at radius 1 is 0.960 bits per heavy atom. The van der Waals surface area contributed by atoms with Gasteiger partial charge in [-0.3, -0.25) is 0 Å². The molecule has 0 spiro atoms. The van der Waals surface area contributed by atoms with Gasteiger partial charge in [0.2, 0.25) is 0 Å². The highest BCUT2D eigenvalue weighted by atomic mass is 79.9. The molecule has 0 aliphatic rings. The zero-order valence-corrected chi connectivity index (χ0v) is 17.8. The highest BCUT2D eigenvalue weighted by Gasteiger charge is 2.09. The number of benzene rings is 2. The van der Waals surface area contributed by atoms with Crippen molar-refractivity contribution in [1.82, 2.24) is 5.32 Å². The molecule has 3 aromatic rings. The molecule has 0 saturated carbocycles. The van der Waals surface area contributed by atoms with Gasteiger partial charge >= 0.3 is 0 Å². The van der Waals surface area contributed by atoms with Crippen molar-refractivity contribution in [3.63, 3.8) is 0 Å². The van der Waals surface area contributed by atoms with Gasteiger partial charge < -0.3 is 9.73 Å². The maximum atomic E-state index is 6.18. The van der Waals surface area contributed by atoms with Crippen LogP contribution < -0.4 is 5.32 Å². The lowest BCUT2D eigenvalue weighted by Crippen LogP contribution is -2.16. The number of hydrogen-bond donors (Lipinski definition) is 1. The van der Waals surface area contributed by atoms with E-state index in [4.69, 9.17) is 27.6 Å². The Bertz CT molecular complexity index is 880. The molecule has 1 N–H and O–H groups in total. The zero-order chi connectivity index (χ0) is 17.8. The van der Waals surface area contributed by atoms with E-state index in [1.807, 2.05) is 42.5 Å². The van der Waals surface area contributed by atoms with E-state index in [0.717, 1.165) is 44.6 Å². The van der Waals surface area contributed by atoms with Crippen molar-refractivity contribution in [3.05, 3.63) is 78.8 Å². The van der Waals surface area contributed by atoms with Crippen molar-refractivity contribution in [1.29, 1.82) is 0 Å². The van der Waals surface area contributed by atoms with Gasteiger partial charge in [0.1, 0.15) is 11.5 Å². The van der Waals surface area contributed by atoms with E-state index in [-0.39, 0.29) is 0 Å². The lowest BCUT2D eigenvalue weighted by molar-refractivity contribution is 0.494. The summed E-state index contributed by atoms with van der Waals surface area (Å²) >= 11 is 19.1. The van der Waals surface area contributed by atoms with Crippen LogP contribution in [0.1, 0.15) is 11.3 Å². The third kappa shape index (κ3) is 5.11. The molecule has 25 heavy (non-hydrogen) atoms. The van der Waals surface area contributed by atoms with E-state index in [9.17, 15) is 0 Å². The van der Waals surface area contributed by atoms with Crippen LogP contribution in [0.2, 0.25) is 10.0 Å². The second-order valence-corrected chi connectivity index (χ2v) is 8.17. The summed E-state index contributed by atoms with van der Waals surface area (Å²) < 4.78 is 7.95. The second kappa shape index (κ2) is 8.74. The van der Waals surface area contributed by atoms with Crippen molar-refractivity contribution in [2.75, 3.05) is 6.54 Å². The van der Waals surface area contributed by atoms with Crippen LogP contribution in [0.25, 0.3) is 11.3 Å². The largest absolute Gasteiger partial charge is 0.460 e. The fraction of sp³-hybridized carbons (Fsp3) is 0.158. The highest BCUT2D eigenvalue weighted by Crippen LogP contribution is 2.32. The lowest BCUT2D eigenvalue weighted by Gasteiger charge is -2.06. The molecule has 0 saturated heterocycles. The highest BCUT2D eigenvalue weighted by molar-refractivity contribution is 9.11. The van der Waals surface area contributed by atoms with Gasteiger partial charge in [0, 0.05) is 24.6 Å². The van der Waals surface area contributed by atoms with Gasteiger partial charge in [0.25, 0.3) is 0 Å². The maximum Gasteiger partial charge on any atom is 0.135 e. The molecule has 2 aromatic carbocycles. The Hall–Kier alpha value is -0.780. The minimum atomic E-state index is 0.656. The predicted molar refractivity (Wildman–Crippen MR) is 111 cm³/mol. The monoisotopic (exact) mass is 501 g/mol. The molecule has 0 radical (unpaired) electrons. The average Bonchev–Trinajstić information content (AvgIpc) is 3.02. The van der Waals surface area contributed by atoms with Gasteiger partial charge in [0.15, 0.2) is 0 Å². The number of hydrogen-bond acceptors (Lipinski definition) is 2. The van der Waals surface area contributed by atoms with Gasteiger partial charge in [-0.1, -0.05) is 45.2 Å². The summed E-state index contributed by atoms with van der Waals surface area (Å²) in [4.78, 5) is 0. The van der Waals surface area contributed by atoms with Gasteiger partial charge in [0.05, 0.1) is 6.54 Å². The number of halogens is 4. The predicted octanol–water partition coefficient (Wildman–Crippen LogP) is 7.11. The van der Waals surface area contributed by atoms with Crippen molar-refractivity contribution in [3.8, 4) is 11.3 Å². The molecule has 0 aliphatic heterocycles. The van der Waals surface area contributed by atoms with Crippen molar-refractivity contribution in [2.45, 2.75) is 13.0 Å². The SMILES string of the molecule is Clc1ccc(CCNCc2ccc(-c3ccc(Br)cc3Br)o2)c(Cl)c1. The summed E-state index contributed by atoms with van der Waals surface area (Å²) in [5, 5.41) is 4.74. The summed E-state index contributed by atoms with van der Waals surface area (Å²) in [5.41, 5.74) is 2.11. The smallest absolute Gasteiger partial charge is 0.135 e. The van der Waals surface area contributed by atoms with Gasteiger partial charge in [-0.2, -0.15) is 0 Å². The summed E-state index contributed by atoms with van der Waals surface area (Å²) in [7, 11) is 0. The molecule has 0 atom stereocenters. The first-order chi connectivity index (χ1) is 12.0. The molecule has 0 aliphatic carbocycles. The third-order valence-electron chi connectivity index (χ3n) is 3.74. The first-order valence-electron chi connectivity index (χ1n) is 7.72. The maximum absolute atomic E-state index is 6.18. The summed E-state index contributed by atoms with van der Waals surface area (Å²) in [6.45, 7) is 1.47. The van der Waals surface area contributed by atoms with Crippen molar-refractivity contribution < 1.29 is 4.42 Å². The zero-order valence-electron chi connectivity index (χ0n) is 13.2. The van der Waals surface area contributed by atoms with E-state index in [0.29, 0.717) is 16.6 Å². The van der Waals surface area contributed by atoms with Crippen LogP contribution in [-0.4, -0.2) is 6.54 Å². The van der Waals surface area contributed by atoms with Crippen LogP contribution in [0.3, 0.4) is 0 Å². The normalized spacial score (nSPS) is 11.0. The Kier molecular flexibility index (Phi) is 6.64. The first-order valence-corrected chi connectivity index (χ1v) is 10.1. The quantitative estimate of drug-likeness (QED) is 0.362. The molecule has 1 aromatic heterocycles. The Morgan fingerprint density at radius 2 is 1.80 bits per heavy atom. The number of rotatable bonds is 6. The summed E-state index contributed by atoms with van der Waals surface area (Å²) in [6.07, 6.45) is 0.835. The Balaban J connectivity index is 1.55. The van der Waals surface area contributed by atoms with Crippen molar-refractivity contribution in [2.24, 2.45) is 0 Å². The van der Waals surface area contributed by atoms with Crippen LogP contribution in [0.15, 0.2) is 61.9 Å². The minimum absolute atomic E-state index is 0.656. The van der Waals surface area contributed by atoms with Crippen LogP contribution in [0.5, 0.6) is 0 Å². The van der Waals surface area contributed by atoms with E-state index in [1.54, 1.807) is 6.07 Å². The van der Waals surface area contributed by atoms with Crippen LogP contribution in [0, 0.1) is 0 Å². The van der Waals surface area contributed by atoms with Gasteiger partial charge in [-0.25, -0.2) is 0 Å². The lowest BCUT2D eigenvalue weighted by atomic mass is 10.1. The van der Waals surface area contributed by atoms with Crippen LogP contribution in [-0.2, 0) is 13.0 Å². The first kappa shape index (κ1) is 19.0. The van der Waals surface area contributed by atoms with Gasteiger partial charge in [-0.05, 0) is 76.9 Å². The molecule has 0 unspecified atom stereocenters. The van der Waals surface area contributed by atoms with E-state index < -0.39 is 0 Å². The average molecular weight is 504 g/mol. The molecule has 6 heteroatoms. The van der Waals surface area contributed by atoms with Crippen molar-refractivity contribution >= 4 is 55.1 Å². The molecule has 130 valence electrons. The fourth-order valence-electron chi connectivity index (χ4n) is 2.47. The van der Waals surface area contributed by atoms with E-state index >= 15 is 0 Å². The second-order valence-electron chi connectivity index (χ2n) is 5.55. The topological polar surface area (TPSA) is 25.2 Å². The molecule has 1 heterocycles. The molecule has 0 amide bonds. The molecular formula is C19H15Br2Cl2NO. The summed E-state index contributed by atoms with van der Waals surface area (Å²) in [6, 6.07) is 15.6. The fourth-order valence-corrected chi connectivity index (χ4v) is 4.21. The molecular weight excluding hydrogens is 489 g/mol. The molecule has 3 rings (SSSR count). The summed E-state index contributed by atoms with van der Waals surface area (Å²) in [5.74, 6) is 1.74. The molecule has 0 bridgehead atoms. The standard InChI is InChI=1S/C19H15Br2Cl2NO/c20-13-2-5-16(17(21)9-13)19-6-4-15(25-19)11-24-8-7-12-1-3-14(22)10-18(12)23/h1-6,9-10,24H,7-8,11H2. The third-order valence-corrected chi connectivity index (χ3v) is 5.48. The Morgan fingerprint density at radius 3 is 2.56 bits per heavy atom. The van der Waals surface area contributed by atoms with Crippen LogP contribution in [0.4, 0.5) is 0 Å². The van der Waals surface area contributed by atoms with Crippen LogP contribution >= 0.6 is 55.1 Å². The number of furan rings is 1. The number of nitrogens with one attached hydrogen (secondary N) is 1. The molecule has 2 nitrogen and oxygen atoms in total. The minimum Gasteiger partial charge on any atom is -0.460 e. The van der Waals surface area contributed by atoms with E-state index in [1.165, 1.54) is 0 Å². The van der Waals surface area contributed by atoms with Gasteiger partial charge in [-0.15, -0.1) is 0 Å². The molecule has 0 fully saturated rings. The Labute approximate surface area is 173 Å².